The molecule has 1 aromatic rings. The monoisotopic (exact) mass is 389 g/mol. The first kappa shape index (κ1) is 19.5. The molecule has 2 saturated heterocycles. The fraction of sp³-hybridized carbons (Fsp3) is 0.667. The first-order chi connectivity index (χ1) is 12.8. The number of nitrogens with two attached hydrogens (primary N) is 1. The molecule has 5 atom stereocenters. The zero-order chi connectivity index (χ0) is 19.6. The zero-order valence-corrected chi connectivity index (χ0v) is 14.3. The molecule has 150 valence electrons. The molecule has 27 heavy (non-hydrogen) atoms. The van der Waals surface area contributed by atoms with Gasteiger partial charge in [0.25, 0.3) is 11.4 Å². The van der Waals surface area contributed by atoms with Gasteiger partial charge < -0.3 is 30.3 Å². The van der Waals surface area contributed by atoms with E-state index in [0.717, 1.165) is 36.2 Å². The molecular weight excluding hydrogens is 367 g/mol. The molecule has 0 spiro atoms. The molecule has 2 aliphatic rings. The number of aliphatic hydroxyl groups excluding tert-OH is 2. The van der Waals surface area contributed by atoms with E-state index >= 15 is 0 Å². The van der Waals surface area contributed by atoms with Crippen molar-refractivity contribution in [2.45, 2.75) is 43.2 Å². The van der Waals surface area contributed by atoms with Gasteiger partial charge in [-0.2, -0.15) is 0 Å². The number of amides is 1. The number of carbonyl (C=O) groups is 1. The molecule has 3 heterocycles. The van der Waals surface area contributed by atoms with Gasteiger partial charge in [0.1, 0.15) is 18.2 Å². The van der Waals surface area contributed by atoms with E-state index in [2.05, 4.69) is 10.6 Å². The molecule has 1 amide bonds. The Balaban J connectivity index is 1.60. The van der Waals surface area contributed by atoms with Crippen LogP contribution in [0.4, 0.5) is 9.18 Å². The van der Waals surface area contributed by atoms with E-state index in [1.165, 1.54) is 0 Å². The number of aliphatic hydroxyl groups is 2. The van der Waals surface area contributed by atoms with E-state index in [9.17, 15) is 29.0 Å². The molecule has 11 nitrogen and oxygen atoms in total. The predicted octanol–water partition coefficient (Wildman–Crippen LogP) is -3.09. The Morgan fingerprint density at radius 2 is 2.30 bits per heavy atom. The quantitative estimate of drug-likeness (QED) is 0.357. The van der Waals surface area contributed by atoms with Crippen molar-refractivity contribution in [1.82, 2.24) is 14.9 Å². The lowest BCUT2D eigenvalue weighted by molar-refractivity contribution is -0.667. The molecule has 6 N–H and O–H groups in total. The number of nitrogens with zero attached hydrogens (tertiary/aromatic N) is 1. The van der Waals surface area contributed by atoms with Gasteiger partial charge in [-0.3, -0.25) is 14.3 Å². The summed E-state index contributed by atoms with van der Waals surface area (Å²) < 4.78 is 25.3. The van der Waals surface area contributed by atoms with Crippen LogP contribution in [0.3, 0.4) is 0 Å². The molecule has 2 fully saturated rings. The largest absolute Gasteiger partial charge is 0.443 e. The predicted molar refractivity (Wildman–Crippen MR) is 86.5 cm³/mol. The van der Waals surface area contributed by atoms with Crippen LogP contribution in [0.25, 0.3) is 0 Å². The number of nitrogens with one attached hydrogen (secondary N) is 2. The van der Waals surface area contributed by atoms with E-state index in [1.54, 1.807) is 0 Å². The number of halogens is 1. The highest BCUT2D eigenvalue weighted by Crippen LogP contribution is 2.37. The Labute approximate surface area is 152 Å². The molecular formula is C15H22FN4O7+. The van der Waals surface area contributed by atoms with E-state index in [4.69, 9.17) is 9.47 Å². The Bertz CT molecular complexity index is 793. The number of quaternary nitrogens is 1. The maximum atomic E-state index is 14.9. The number of hydrogen-bond acceptors (Lipinski definition) is 7. The van der Waals surface area contributed by atoms with E-state index in [-0.39, 0.29) is 6.04 Å². The molecule has 0 aromatic carbocycles. The van der Waals surface area contributed by atoms with Crippen LogP contribution in [0.2, 0.25) is 0 Å². The number of ether oxygens (including phenoxy) is 2. The van der Waals surface area contributed by atoms with Crippen LogP contribution in [0.15, 0.2) is 21.9 Å². The van der Waals surface area contributed by atoms with Crippen LogP contribution >= 0.6 is 0 Å². The lowest BCUT2D eigenvalue weighted by atomic mass is 10.1. The van der Waals surface area contributed by atoms with Gasteiger partial charge in [0, 0.05) is 25.1 Å². The number of aromatic amines is 1. The van der Waals surface area contributed by atoms with Gasteiger partial charge in [-0.15, -0.1) is 0 Å². The summed E-state index contributed by atoms with van der Waals surface area (Å²) in [4.78, 5) is 36.5. The van der Waals surface area contributed by atoms with Gasteiger partial charge >= 0.3 is 11.8 Å². The molecule has 12 heteroatoms. The minimum atomic E-state index is -2.92. The number of hydrogen-bond donors (Lipinski definition) is 5. The maximum Gasteiger partial charge on any atom is 0.407 e. The summed E-state index contributed by atoms with van der Waals surface area (Å²) in [6.07, 6.45) is -3.37. The van der Waals surface area contributed by atoms with Crippen molar-refractivity contribution in [3.05, 3.63) is 33.1 Å². The van der Waals surface area contributed by atoms with Crippen LogP contribution in [-0.2, 0) is 9.47 Å². The SMILES string of the molecule is O=C(NCC1CCC[NH2+]1)OC[C@@]1(F)O[C@@H](n2ccc(=O)[nH]c2=O)[C@H](O)[C@@H]1O. The van der Waals surface area contributed by atoms with Crippen LogP contribution in [0.1, 0.15) is 19.1 Å². The summed E-state index contributed by atoms with van der Waals surface area (Å²) in [5, 5.41) is 24.6. The normalized spacial score (nSPS) is 33.1. The minimum absolute atomic E-state index is 0.239. The van der Waals surface area contributed by atoms with Gasteiger partial charge in [0.15, 0.2) is 12.8 Å². The van der Waals surface area contributed by atoms with Crippen LogP contribution < -0.4 is 21.9 Å². The summed E-state index contributed by atoms with van der Waals surface area (Å²) in [6, 6.07) is 1.22. The lowest BCUT2D eigenvalue weighted by Crippen LogP contribution is -2.88. The van der Waals surface area contributed by atoms with Gasteiger partial charge in [0.05, 0.1) is 13.1 Å². The number of carbonyl (C=O) groups excluding carboxylic acids is 1. The number of rotatable bonds is 5. The Morgan fingerprint density at radius 1 is 1.52 bits per heavy atom. The van der Waals surface area contributed by atoms with Gasteiger partial charge in [0.2, 0.25) is 0 Å². The third-order valence-corrected chi connectivity index (χ3v) is 4.69. The van der Waals surface area contributed by atoms with E-state index in [1.807, 2.05) is 4.98 Å². The van der Waals surface area contributed by atoms with Crippen molar-refractivity contribution in [3.63, 3.8) is 0 Å². The third-order valence-electron chi connectivity index (χ3n) is 4.69. The lowest BCUT2D eigenvalue weighted by Gasteiger charge is -2.22. The van der Waals surface area contributed by atoms with Crippen molar-refractivity contribution in [1.29, 1.82) is 0 Å². The zero-order valence-electron chi connectivity index (χ0n) is 14.3. The van der Waals surface area contributed by atoms with Crippen molar-refractivity contribution in [2.24, 2.45) is 0 Å². The topological polar surface area (TPSA) is 159 Å². The fourth-order valence-corrected chi connectivity index (χ4v) is 3.19. The maximum absolute atomic E-state index is 14.9. The number of alkyl halides is 1. The van der Waals surface area contributed by atoms with Gasteiger partial charge in [-0.25, -0.2) is 14.0 Å². The van der Waals surface area contributed by atoms with Crippen LogP contribution in [0, 0.1) is 0 Å². The summed E-state index contributed by atoms with van der Waals surface area (Å²) in [5.74, 6) is -2.92. The first-order valence-corrected chi connectivity index (χ1v) is 8.58. The highest BCUT2D eigenvalue weighted by atomic mass is 19.2. The molecule has 2 aliphatic heterocycles. The van der Waals surface area contributed by atoms with Crippen molar-refractivity contribution in [2.75, 3.05) is 19.7 Å². The van der Waals surface area contributed by atoms with Crippen LogP contribution in [-0.4, -0.2) is 69.7 Å². The fourth-order valence-electron chi connectivity index (χ4n) is 3.19. The minimum Gasteiger partial charge on any atom is -0.443 e. The molecule has 1 aromatic heterocycles. The number of aromatic nitrogens is 2. The van der Waals surface area contributed by atoms with Gasteiger partial charge in [-0.05, 0) is 0 Å². The summed E-state index contributed by atoms with van der Waals surface area (Å²) >= 11 is 0. The molecule has 0 saturated carbocycles. The molecule has 0 bridgehead atoms. The van der Waals surface area contributed by atoms with E-state index < -0.39 is 48.2 Å². The average Bonchev–Trinajstić information content (AvgIpc) is 3.22. The molecule has 1 unspecified atom stereocenters. The van der Waals surface area contributed by atoms with Crippen molar-refractivity contribution >= 4 is 6.09 Å². The Kier molecular flexibility index (Phi) is 5.60. The first-order valence-electron chi connectivity index (χ1n) is 8.58. The second-order valence-electron chi connectivity index (χ2n) is 6.63. The summed E-state index contributed by atoms with van der Waals surface area (Å²) in [5.41, 5.74) is -1.63. The highest BCUT2D eigenvalue weighted by molar-refractivity contribution is 5.67. The number of alkyl carbamates (subject to hydrolysis) is 1. The second-order valence-corrected chi connectivity index (χ2v) is 6.63. The van der Waals surface area contributed by atoms with Crippen molar-refractivity contribution in [3.8, 4) is 0 Å². The third kappa shape index (κ3) is 4.18. The highest BCUT2D eigenvalue weighted by Gasteiger charge is 2.57. The second kappa shape index (κ2) is 7.76. The van der Waals surface area contributed by atoms with E-state index in [0.29, 0.717) is 6.54 Å². The Hall–Kier alpha value is -2.28. The Morgan fingerprint density at radius 3 is 2.96 bits per heavy atom. The molecule has 0 radical (unpaired) electrons. The van der Waals surface area contributed by atoms with Crippen molar-refractivity contribution < 1.29 is 34.2 Å². The van der Waals surface area contributed by atoms with Crippen LogP contribution in [0.5, 0.6) is 0 Å². The summed E-state index contributed by atoms with van der Waals surface area (Å²) in [6.45, 7) is 0.359. The summed E-state index contributed by atoms with van der Waals surface area (Å²) in [7, 11) is 0. The molecule has 0 aliphatic carbocycles. The molecule has 3 rings (SSSR count). The average molecular weight is 389 g/mol. The smallest absolute Gasteiger partial charge is 0.407 e. The van der Waals surface area contributed by atoms with Gasteiger partial charge in [-0.1, -0.05) is 0 Å². The standard InChI is InChI=1S/C15H21FN4O7/c16-15(7-26-14(25)18-6-8-2-1-4-17-8)11(23)10(22)12(27-15)20-5-3-9(21)19-13(20)24/h3,5,8,10-12,17,22-23H,1-2,4,6-7H2,(H,18,25)(H,19,21,24)/p+1/t8?,10-,11+,12-,15-/m1/s1. The number of H-pyrrole nitrogens is 1.